The fourth-order valence-electron chi connectivity index (χ4n) is 3.90. The molecule has 1 saturated carbocycles. The van der Waals surface area contributed by atoms with Crippen LogP contribution in [0, 0.1) is 5.92 Å². The number of nitrogens with zero attached hydrogens (tertiary/aromatic N) is 1. The first-order chi connectivity index (χ1) is 13.5. The van der Waals surface area contributed by atoms with Crippen LogP contribution in [0.1, 0.15) is 55.8 Å². The Bertz CT molecular complexity index is 895. The van der Waals surface area contributed by atoms with Crippen LogP contribution in [-0.2, 0) is 9.53 Å². The van der Waals surface area contributed by atoms with Gasteiger partial charge in [0.25, 0.3) is 5.91 Å². The quantitative estimate of drug-likeness (QED) is 0.445. The summed E-state index contributed by atoms with van der Waals surface area (Å²) in [6, 6.07) is 8.72. The molecule has 28 heavy (non-hydrogen) atoms. The van der Waals surface area contributed by atoms with Crippen molar-refractivity contribution in [2.24, 2.45) is 5.92 Å². The first-order valence-corrected chi connectivity index (χ1v) is 9.93. The number of amides is 1. The summed E-state index contributed by atoms with van der Waals surface area (Å²) in [6.07, 6.45) is 6.10. The van der Waals surface area contributed by atoms with E-state index in [1.165, 1.54) is 7.11 Å². The van der Waals surface area contributed by atoms with Gasteiger partial charge in [-0.1, -0.05) is 50.8 Å². The Labute approximate surface area is 164 Å². The van der Waals surface area contributed by atoms with Crippen LogP contribution in [0.5, 0.6) is 0 Å². The Hall–Kier alpha value is -2.63. The topological polar surface area (TPSA) is 76.8 Å². The minimum atomic E-state index is -0.645. The lowest BCUT2D eigenvalue weighted by Crippen LogP contribution is -2.45. The summed E-state index contributed by atoms with van der Waals surface area (Å²) in [5, 5.41) is 0.701. The van der Waals surface area contributed by atoms with Crippen LogP contribution in [-0.4, -0.2) is 36.5 Å². The third-order valence-corrected chi connectivity index (χ3v) is 5.47. The van der Waals surface area contributed by atoms with Crippen molar-refractivity contribution < 1.29 is 18.7 Å². The van der Waals surface area contributed by atoms with Gasteiger partial charge in [-0.05, 0) is 25.0 Å². The number of benzene rings is 1. The highest BCUT2D eigenvalue weighted by molar-refractivity contribution is 5.97. The fraction of sp³-hybridized carbons (Fsp3) is 0.500. The van der Waals surface area contributed by atoms with E-state index < -0.39 is 11.5 Å². The van der Waals surface area contributed by atoms with Crippen molar-refractivity contribution in [1.82, 2.24) is 4.90 Å². The van der Waals surface area contributed by atoms with Crippen molar-refractivity contribution in [3.8, 4) is 0 Å². The number of hydrogen-bond acceptors (Lipinski definition) is 5. The average molecular weight is 385 g/mol. The molecule has 1 aliphatic rings. The van der Waals surface area contributed by atoms with E-state index in [-0.39, 0.29) is 30.0 Å². The van der Waals surface area contributed by atoms with Gasteiger partial charge in [0.05, 0.1) is 13.0 Å². The van der Waals surface area contributed by atoms with Crippen molar-refractivity contribution in [2.75, 3.05) is 13.7 Å². The molecule has 0 aliphatic heterocycles. The second kappa shape index (κ2) is 9.04. The second-order valence-corrected chi connectivity index (χ2v) is 7.51. The molecule has 1 fully saturated rings. The molecule has 0 saturated heterocycles. The largest absolute Gasteiger partial charge is 0.469 e. The second-order valence-electron chi connectivity index (χ2n) is 7.51. The highest BCUT2D eigenvalue weighted by atomic mass is 16.5. The Morgan fingerprint density at radius 1 is 1.18 bits per heavy atom. The first-order valence-electron chi connectivity index (χ1n) is 9.93. The van der Waals surface area contributed by atoms with Crippen LogP contribution >= 0.6 is 0 Å². The van der Waals surface area contributed by atoms with Gasteiger partial charge in [0.2, 0.25) is 0 Å². The molecular formula is C22H27NO5. The third kappa shape index (κ3) is 4.43. The van der Waals surface area contributed by atoms with E-state index >= 15 is 0 Å². The standard InChI is InChI=1S/C22H27NO5/c1-15(21(25)27-2)14-23(17-10-5-3-4-6-11-17)20(24)18-13-16-9-7-8-12-19(16)28-22(18)26/h7-9,12-13,15,17H,3-6,10-11,14H2,1-2H3. The van der Waals surface area contributed by atoms with Crippen LogP contribution in [0.3, 0.4) is 0 Å². The molecule has 1 aromatic carbocycles. The number of esters is 1. The lowest BCUT2D eigenvalue weighted by atomic mass is 10.0. The number of hydrogen-bond donors (Lipinski definition) is 0. The van der Waals surface area contributed by atoms with Gasteiger partial charge in [0.1, 0.15) is 11.1 Å². The normalized spacial score (nSPS) is 16.4. The number of ether oxygens (including phenoxy) is 1. The molecule has 6 nitrogen and oxygen atoms in total. The molecule has 6 heteroatoms. The van der Waals surface area contributed by atoms with E-state index in [1.807, 2.05) is 12.1 Å². The summed E-state index contributed by atoms with van der Waals surface area (Å²) in [5.41, 5.74) is -0.180. The SMILES string of the molecule is COC(=O)C(C)CN(C(=O)c1cc2ccccc2oc1=O)C1CCCCCC1. The smallest absolute Gasteiger partial charge is 0.349 e. The van der Waals surface area contributed by atoms with Gasteiger partial charge in [-0.2, -0.15) is 0 Å². The third-order valence-electron chi connectivity index (χ3n) is 5.47. The average Bonchev–Trinajstić information content (AvgIpc) is 2.99. The maximum Gasteiger partial charge on any atom is 0.349 e. The highest BCUT2D eigenvalue weighted by Crippen LogP contribution is 2.25. The van der Waals surface area contributed by atoms with Crippen LogP contribution in [0.15, 0.2) is 39.5 Å². The summed E-state index contributed by atoms with van der Waals surface area (Å²) in [6.45, 7) is 1.97. The predicted molar refractivity (Wildman–Crippen MR) is 106 cm³/mol. The van der Waals surface area contributed by atoms with Gasteiger partial charge in [0, 0.05) is 18.0 Å². The highest BCUT2D eigenvalue weighted by Gasteiger charge is 2.31. The van der Waals surface area contributed by atoms with E-state index in [0.29, 0.717) is 11.0 Å². The number of para-hydroxylation sites is 1. The van der Waals surface area contributed by atoms with Gasteiger partial charge in [-0.25, -0.2) is 4.79 Å². The van der Waals surface area contributed by atoms with E-state index in [1.54, 1.807) is 30.0 Å². The molecule has 0 spiro atoms. The van der Waals surface area contributed by atoms with Crippen LogP contribution in [0.2, 0.25) is 0 Å². The monoisotopic (exact) mass is 385 g/mol. The molecule has 150 valence electrons. The van der Waals surface area contributed by atoms with E-state index in [4.69, 9.17) is 9.15 Å². The zero-order valence-corrected chi connectivity index (χ0v) is 16.5. The predicted octanol–water partition coefficient (Wildman–Crippen LogP) is 3.77. The summed E-state index contributed by atoms with van der Waals surface area (Å²) in [5.74, 6) is -1.20. The number of carbonyl (C=O) groups is 2. The molecule has 2 aromatic rings. The summed E-state index contributed by atoms with van der Waals surface area (Å²) >= 11 is 0. The first kappa shape index (κ1) is 20.1. The Morgan fingerprint density at radius 2 is 1.86 bits per heavy atom. The molecule has 1 heterocycles. The van der Waals surface area contributed by atoms with Crippen LogP contribution in [0.25, 0.3) is 11.0 Å². The van der Waals surface area contributed by atoms with Gasteiger partial charge in [-0.15, -0.1) is 0 Å². The number of rotatable bonds is 5. The number of carbonyl (C=O) groups excluding carboxylic acids is 2. The summed E-state index contributed by atoms with van der Waals surface area (Å²) in [4.78, 5) is 39.5. The molecule has 1 aromatic heterocycles. The van der Waals surface area contributed by atoms with Crippen molar-refractivity contribution in [3.05, 3.63) is 46.3 Å². The Balaban J connectivity index is 1.96. The molecule has 3 rings (SSSR count). The minimum Gasteiger partial charge on any atom is -0.469 e. The molecule has 1 amide bonds. The maximum atomic E-state index is 13.4. The number of fused-ring (bicyclic) bond motifs is 1. The van der Waals surface area contributed by atoms with Crippen LogP contribution < -0.4 is 5.63 Å². The zero-order chi connectivity index (χ0) is 20.1. The fourth-order valence-corrected chi connectivity index (χ4v) is 3.90. The molecule has 0 N–H and O–H groups in total. The molecule has 1 aliphatic carbocycles. The zero-order valence-electron chi connectivity index (χ0n) is 16.5. The molecule has 0 radical (unpaired) electrons. The lowest BCUT2D eigenvalue weighted by molar-refractivity contribution is -0.145. The van der Waals surface area contributed by atoms with Crippen molar-refractivity contribution in [3.63, 3.8) is 0 Å². The maximum absolute atomic E-state index is 13.4. The van der Waals surface area contributed by atoms with Crippen molar-refractivity contribution in [2.45, 2.75) is 51.5 Å². The molecule has 1 atom stereocenters. The number of methoxy groups -OCH3 is 1. The van der Waals surface area contributed by atoms with Crippen molar-refractivity contribution in [1.29, 1.82) is 0 Å². The minimum absolute atomic E-state index is 0.00739. The molecular weight excluding hydrogens is 358 g/mol. The van der Waals surface area contributed by atoms with Gasteiger partial charge in [0.15, 0.2) is 0 Å². The lowest BCUT2D eigenvalue weighted by Gasteiger charge is -2.32. The van der Waals surface area contributed by atoms with Gasteiger partial charge >= 0.3 is 11.6 Å². The molecule has 0 bridgehead atoms. The van der Waals surface area contributed by atoms with Crippen molar-refractivity contribution >= 4 is 22.8 Å². The Morgan fingerprint density at radius 3 is 2.54 bits per heavy atom. The van der Waals surface area contributed by atoms with E-state index in [2.05, 4.69) is 0 Å². The van der Waals surface area contributed by atoms with Crippen LogP contribution in [0.4, 0.5) is 0 Å². The van der Waals surface area contributed by atoms with E-state index in [9.17, 15) is 14.4 Å². The summed E-state index contributed by atoms with van der Waals surface area (Å²) < 4.78 is 10.2. The van der Waals surface area contributed by atoms with Gasteiger partial charge < -0.3 is 14.1 Å². The van der Waals surface area contributed by atoms with E-state index in [0.717, 1.165) is 38.5 Å². The van der Waals surface area contributed by atoms with Gasteiger partial charge in [-0.3, -0.25) is 9.59 Å². The molecule has 1 unspecified atom stereocenters. The Kier molecular flexibility index (Phi) is 6.49. The summed E-state index contributed by atoms with van der Waals surface area (Å²) in [7, 11) is 1.34.